The lowest BCUT2D eigenvalue weighted by Gasteiger charge is -2.26. The maximum absolute atomic E-state index is 13.1. The van der Waals surface area contributed by atoms with E-state index in [1.165, 1.54) is 18.2 Å². The van der Waals surface area contributed by atoms with Crippen LogP contribution in [0.3, 0.4) is 0 Å². The number of halogens is 2. The molecule has 1 N–H and O–H groups in total. The molecule has 2 aromatic rings. The maximum Gasteiger partial charge on any atom is 0.274 e. The molecule has 1 saturated heterocycles. The Morgan fingerprint density at radius 1 is 1.09 bits per heavy atom. The molecule has 0 spiro atoms. The monoisotopic (exact) mass is 480 g/mol. The fourth-order valence-electron chi connectivity index (χ4n) is 3.81. The number of nitro groups is 2. The minimum absolute atomic E-state index is 0.0261. The van der Waals surface area contributed by atoms with Gasteiger partial charge in [-0.15, -0.1) is 0 Å². The molecule has 170 valence electrons. The second-order valence-electron chi connectivity index (χ2n) is 7.72. The Hall–Kier alpha value is -2.75. The molecule has 1 amide bonds. The highest BCUT2D eigenvalue weighted by atomic mass is 35.5. The van der Waals surface area contributed by atoms with E-state index in [4.69, 9.17) is 23.2 Å². The second-order valence-corrected chi connectivity index (χ2v) is 8.54. The average Bonchev–Trinajstić information content (AvgIpc) is 3.27. The molecule has 1 fully saturated rings. The van der Waals surface area contributed by atoms with Gasteiger partial charge in [0.2, 0.25) is 5.91 Å². The van der Waals surface area contributed by atoms with Crippen LogP contribution in [0.15, 0.2) is 36.4 Å². The number of hydrogen-bond acceptors (Lipinski definition) is 6. The topological polar surface area (TPSA) is 119 Å². The summed E-state index contributed by atoms with van der Waals surface area (Å²) in [6.45, 7) is 3.76. The van der Waals surface area contributed by atoms with Gasteiger partial charge in [0.25, 0.3) is 11.4 Å². The van der Waals surface area contributed by atoms with Crippen molar-refractivity contribution in [3.63, 3.8) is 0 Å². The van der Waals surface area contributed by atoms with Crippen molar-refractivity contribution in [2.45, 2.75) is 31.7 Å². The number of carbonyl (C=O) groups is 1. The van der Waals surface area contributed by atoms with Gasteiger partial charge in [0.05, 0.1) is 31.9 Å². The van der Waals surface area contributed by atoms with Crippen molar-refractivity contribution in [1.82, 2.24) is 10.2 Å². The summed E-state index contributed by atoms with van der Waals surface area (Å²) in [4.78, 5) is 36.9. The molecule has 32 heavy (non-hydrogen) atoms. The Morgan fingerprint density at radius 3 is 2.38 bits per heavy atom. The molecule has 0 aromatic heterocycles. The van der Waals surface area contributed by atoms with Crippen LogP contribution in [0.5, 0.6) is 0 Å². The van der Waals surface area contributed by atoms with Gasteiger partial charge in [0, 0.05) is 30.3 Å². The molecule has 0 saturated carbocycles. The zero-order valence-corrected chi connectivity index (χ0v) is 18.8. The molecule has 1 unspecified atom stereocenters. The Balaban J connectivity index is 1.89. The summed E-state index contributed by atoms with van der Waals surface area (Å²) in [7, 11) is 0. The highest BCUT2D eigenvalue weighted by molar-refractivity contribution is 6.42. The third-order valence-corrected chi connectivity index (χ3v) is 6.29. The summed E-state index contributed by atoms with van der Waals surface area (Å²) in [6.07, 6.45) is 2.09. The number of likely N-dealkylation sites (tertiary alicyclic amines) is 1. The van der Waals surface area contributed by atoms with Crippen molar-refractivity contribution >= 4 is 40.5 Å². The first-order valence-corrected chi connectivity index (χ1v) is 10.8. The third kappa shape index (κ3) is 5.53. The van der Waals surface area contributed by atoms with Gasteiger partial charge < -0.3 is 10.2 Å². The molecule has 2 aromatic carbocycles. The fourth-order valence-corrected chi connectivity index (χ4v) is 4.14. The number of nitro benzene ring substituents is 2. The van der Waals surface area contributed by atoms with Crippen LogP contribution in [0.25, 0.3) is 0 Å². The average molecular weight is 481 g/mol. The molecule has 1 heterocycles. The van der Waals surface area contributed by atoms with E-state index in [1.807, 2.05) is 0 Å². The van der Waals surface area contributed by atoms with E-state index in [9.17, 15) is 25.0 Å². The van der Waals surface area contributed by atoms with Crippen LogP contribution in [0, 0.1) is 20.2 Å². The van der Waals surface area contributed by atoms with Crippen LogP contribution in [-0.4, -0.2) is 40.3 Å². The van der Waals surface area contributed by atoms with Gasteiger partial charge in [-0.1, -0.05) is 35.3 Å². The van der Waals surface area contributed by atoms with Gasteiger partial charge in [-0.2, -0.15) is 0 Å². The van der Waals surface area contributed by atoms with Gasteiger partial charge in [-0.25, -0.2) is 0 Å². The number of amides is 1. The number of carbonyl (C=O) groups excluding carboxylic acids is 1. The SMILES string of the molecule is CC(C(=O)N[C@H](CN1CCCC1)c1cccc([N+](=O)[O-])c1)c1cc(Cl)c(Cl)cc1[N+](=O)[O-]. The summed E-state index contributed by atoms with van der Waals surface area (Å²) in [5.74, 6) is -1.35. The van der Waals surface area contributed by atoms with Crippen molar-refractivity contribution in [2.75, 3.05) is 19.6 Å². The van der Waals surface area contributed by atoms with E-state index in [1.54, 1.807) is 19.1 Å². The van der Waals surface area contributed by atoms with E-state index >= 15 is 0 Å². The third-order valence-electron chi connectivity index (χ3n) is 5.57. The van der Waals surface area contributed by atoms with Crippen LogP contribution in [0.4, 0.5) is 11.4 Å². The lowest BCUT2D eigenvalue weighted by atomic mass is 9.97. The molecule has 11 heteroatoms. The largest absolute Gasteiger partial charge is 0.347 e. The van der Waals surface area contributed by atoms with Gasteiger partial charge in [-0.3, -0.25) is 25.0 Å². The van der Waals surface area contributed by atoms with E-state index < -0.39 is 27.7 Å². The highest BCUT2D eigenvalue weighted by Crippen LogP contribution is 2.35. The quantitative estimate of drug-likeness (QED) is 0.425. The summed E-state index contributed by atoms with van der Waals surface area (Å²) in [6, 6.07) is 8.06. The molecule has 0 radical (unpaired) electrons. The van der Waals surface area contributed by atoms with Gasteiger partial charge in [-0.05, 0) is 44.5 Å². The summed E-state index contributed by atoms with van der Waals surface area (Å²) < 4.78 is 0. The molecular weight excluding hydrogens is 459 g/mol. The van der Waals surface area contributed by atoms with Crippen LogP contribution >= 0.6 is 23.2 Å². The van der Waals surface area contributed by atoms with E-state index in [0.717, 1.165) is 32.0 Å². The maximum atomic E-state index is 13.1. The van der Waals surface area contributed by atoms with Gasteiger partial charge in [0.1, 0.15) is 0 Å². The van der Waals surface area contributed by atoms with E-state index in [0.29, 0.717) is 12.1 Å². The van der Waals surface area contributed by atoms with Crippen LogP contribution in [0.2, 0.25) is 10.0 Å². The number of hydrogen-bond donors (Lipinski definition) is 1. The Morgan fingerprint density at radius 2 is 1.75 bits per heavy atom. The molecule has 0 aliphatic carbocycles. The zero-order valence-electron chi connectivity index (χ0n) is 17.3. The molecule has 2 atom stereocenters. The number of nitrogens with one attached hydrogen (secondary N) is 1. The zero-order chi connectivity index (χ0) is 23.4. The summed E-state index contributed by atoms with van der Waals surface area (Å²) in [5, 5.41) is 25.8. The predicted molar refractivity (Wildman–Crippen MR) is 121 cm³/mol. The van der Waals surface area contributed by atoms with Crippen LogP contribution in [-0.2, 0) is 4.79 Å². The molecule has 0 bridgehead atoms. The number of non-ortho nitro benzene ring substituents is 1. The minimum atomic E-state index is -0.898. The van der Waals surface area contributed by atoms with Crippen molar-refractivity contribution in [3.05, 3.63) is 77.8 Å². The summed E-state index contributed by atoms with van der Waals surface area (Å²) >= 11 is 12.0. The number of rotatable bonds is 8. The second kappa shape index (κ2) is 10.2. The number of nitrogens with zero attached hydrogens (tertiary/aromatic N) is 3. The van der Waals surface area contributed by atoms with Gasteiger partial charge in [0.15, 0.2) is 0 Å². The Labute approximate surface area is 194 Å². The lowest BCUT2D eigenvalue weighted by Crippen LogP contribution is -2.38. The van der Waals surface area contributed by atoms with E-state index in [2.05, 4.69) is 10.2 Å². The van der Waals surface area contributed by atoms with Crippen molar-refractivity contribution in [3.8, 4) is 0 Å². The Kier molecular flexibility index (Phi) is 7.65. The molecule has 1 aliphatic heterocycles. The number of benzene rings is 2. The first kappa shape index (κ1) is 23.9. The smallest absolute Gasteiger partial charge is 0.274 e. The molecular formula is C21H22Cl2N4O5. The first-order valence-electron chi connectivity index (χ1n) is 10.1. The normalized spacial score (nSPS) is 15.8. The Bertz CT molecular complexity index is 1040. The van der Waals surface area contributed by atoms with Crippen molar-refractivity contribution in [2.24, 2.45) is 0 Å². The first-order chi connectivity index (χ1) is 15.2. The van der Waals surface area contributed by atoms with Crippen LogP contribution < -0.4 is 5.32 Å². The molecule has 9 nitrogen and oxygen atoms in total. The summed E-state index contributed by atoms with van der Waals surface area (Å²) in [5.41, 5.74) is 0.362. The molecule has 3 rings (SSSR count). The minimum Gasteiger partial charge on any atom is -0.347 e. The fraction of sp³-hybridized carbons (Fsp3) is 0.381. The standard InChI is InChI=1S/C21H22Cl2N4O5/c1-13(16-10-17(22)18(23)11-20(16)27(31)32)21(28)24-19(12-25-7-2-3-8-25)14-5-4-6-15(9-14)26(29)30/h4-6,9-11,13,19H,2-3,7-8,12H2,1H3,(H,24,28)/t13?,19-/m1/s1. The van der Waals surface area contributed by atoms with Crippen molar-refractivity contribution < 1.29 is 14.6 Å². The van der Waals surface area contributed by atoms with E-state index in [-0.39, 0.29) is 27.0 Å². The van der Waals surface area contributed by atoms with Crippen LogP contribution in [0.1, 0.15) is 42.9 Å². The highest BCUT2D eigenvalue weighted by Gasteiger charge is 2.29. The predicted octanol–water partition coefficient (Wildman–Crippen LogP) is 4.87. The lowest BCUT2D eigenvalue weighted by molar-refractivity contribution is -0.385. The van der Waals surface area contributed by atoms with Gasteiger partial charge >= 0.3 is 0 Å². The molecule has 1 aliphatic rings. The van der Waals surface area contributed by atoms with Crippen molar-refractivity contribution in [1.29, 1.82) is 0 Å².